The normalized spacial score (nSPS) is 22.3. The molecule has 2 unspecified atom stereocenters. The van der Waals surface area contributed by atoms with Gasteiger partial charge >= 0.3 is 0 Å². The van der Waals surface area contributed by atoms with Crippen LogP contribution in [0.1, 0.15) is 5.56 Å². The van der Waals surface area contributed by atoms with Gasteiger partial charge in [0.05, 0.1) is 0 Å². The molecule has 2 aromatic rings. The highest BCUT2D eigenvalue weighted by molar-refractivity contribution is 8.03. The highest BCUT2D eigenvalue weighted by Gasteiger charge is 2.25. The first-order valence-corrected chi connectivity index (χ1v) is 9.66. The number of aliphatic hydroxyl groups is 2. The van der Waals surface area contributed by atoms with Crippen molar-refractivity contribution >= 4 is 27.9 Å². The Hall–Kier alpha value is -1.88. The van der Waals surface area contributed by atoms with Crippen molar-refractivity contribution < 1.29 is 23.4 Å². The monoisotopic (exact) mass is 380 g/mol. The van der Waals surface area contributed by atoms with Crippen molar-refractivity contribution in [1.29, 1.82) is 0 Å². The van der Waals surface area contributed by atoms with E-state index in [1.54, 1.807) is 42.5 Å². The van der Waals surface area contributed by atoms with Gasteiger partial charge in [0.1, 0.15) is 22.6 Å². The van der Waals surface area contributed by atoms with Crippen LogP contribution < -0.4 is 15.2 Å². The maximum Gasteiger partial charge on any atom is 0.241 e. The fraction of sp³-hybridized carbons (Fsp3) is 0.125. The lowest BCUT2D eigenvalue weighted by atomic mass is 10.2. The first-order valence-electron chi connectivity index (χ1n) is 7.23. The van der Waals surface area contributed by atoms with E-state index in [0.717, 1.165) is 17.3 Å². The Kier molecular flexibility index (Phi) is 5.13. The number of para-hydroxylation sites is 1. The molecule has 2 aromatic carbocycles. The fourth-order valence-corrected chi connectivity index (χ4v) is 3.76. The molecule has 9 heteroatoms. The van der Waals surface area contributed by atoms with Gasteiger partial charge in [0, 0.05) is 4.91 Å². The maximum absolute atomic E-state index is 11.6. The lowest BCUT2D eigenvalue weighted by Crippen LogP contribution is -2.28. The molecule has 1 saturated heterocycles. The minimum atomic E-state index is -3.88. The summed E-state index contributed by atoms with van der Waals surface area (Å²) < 4.78 is 28.8. The fourth-order valence-electron chi connectivity index (χ4n) is 2.25. The molecule has 1 heterocycles. The third kappa shape index (κ3) is 4.40. The van der Waals surface area contributed by atoms with Crippen molar-refractivity contribution in [2.45, 2.75) is 16.7 Å². The van der Waals surface area contributed by atoms with Crippen LogP contribution in [0.5, 0.6) is 11.5 Å². The summed E-state index contributed by atoms with van der Waals surface area (Å²) in [5, 5.41) is 26.9. The van der Waals surface area contributed by atoms with E-state index in [-0.39, 0.29) is 10.6 Å². The van der Waals surface area contributed by atoms with Crippen molar-refractivity contribution in [3.05, 3.63) is 59.0 Å². The lowest BCUT2D eigenvalue weighted by molar-refractivity contribution is 0.127. The van der Waals surface area contributed by atoms with Gasteiger partial charge in [0.25, 0.3) is 0 Å². The SMILES string of the molecule is NS(=O)(=O)c1ccccc1Oc1ccc(/C=C2\SC(O)NC2O)cc1. The van der Waals surface area contributed by atoms with Crippen LogP contribution in [0.25, 0.3) is 6.08 Å². The van der Waals surface area contributed by atoms with Crippen LogP contribution in [0, 0.1) is 0 Å². The largest absolute Gasteiger partial charge is 0.456 e. The van der Waals surface area contributed by atoms with E-state index in [9.17, 15) is 18.6 Å². The molecular formula is C16H16N2O5S2. The van der Waals surface area contributed by atoms with Crippen molar-refractivity contribution in [3.63, 3.8) is 0 Å². The number of benzene rings is 2. The number of nitrogens with two attached hydrogens (primary N) is 1. The van der Waals surface area contributed by atoms with Gasteiger partial charge in [0.2, 0.25) is 10.0 Å². The zero-order chi connectivity index (χ0) is 18.0. The van der Waals surface area contributed by atoms with Gasteiger partial charge in [-0.1, -0.05) is 36.0 Å². The summed E-state index contributed by atoms with van der Waals surface area (Å²) in [7, 11) is -3.88. The second-order valence-electron chi connectivity index (χ2n) is 5.25. The number of hydrogen-bond acceptors (Lipinski definition) is 7. The summed E-state index contributed by atoms with van der Waals surface area (Å²) in [5.41, 5.74) is -0.0388. The number of thioether (sulfide) groups is 1. The van der Waals surface area contributed by atoms with Crippen LogP contribution in [0.15, 0.2) is 58.3 Å². The van der Waals surface area contributed by atoms with Gasteiger partial charge in [-0.05, 0) is 35.9 Å². The van der Waals surface area contributed by atoms with Gasteiger partial charge in [-0.3, -0.25) is 5.32 Å². The summed E-state index contributed by atoms with van der Waals surface area (Å²) >= 11 is 1.12. The van der Waals surface area contributed by atoms with E-state index in [1.165, 1.54) is 12.1 Å². The molecule has 2 atom stereocenters. The zero-order valence-corrected chi connectivity index (χ0v) is 14.5. The van der Waals surface area contributed by atoms with Gasteiger partial charge in [-0.25, -0.2) is 13.6 Å². The molecule has 7 nitrogen and oxygen atoms in total. The average Bonchev–Trinajstić information content (AvgIpc) is 2.86. The maximum atomic E-state index is 11.6. The number of sulfonamides is 1. The highest BCUT2D eigenvalue weighted by atomic mass is 32.2. The van der Waals surface area contributed by atoms with E-state index in [0.29, 0.717) is 10.7 Å². The minimum Gasteiger partial charge on any atom is -0.456 e. The Morgan fingerprint density at radius 2 is 1.80 bits per heavy atom. The molecule has 132 valence electrons. The van der Waals surface area contributed by atoms with E-state index in [2.05, 4.69) is 5.32 Å². The highest BCUT2D eigenvalue weighted by Crippen LogP contribution is 2.31. The third-order valence-corrected chi connectivity index (χ3v) is 5.31. The minimum absolute atomic E-state index is 0.0910. The van der Waals surface area contributed by atoms with Crippen molar-refractivity contribution in [3.8, 4) is 11.5 Å². The van der Waals surface area contributed by atoms with E-state index < -0.39 is 21.8 Å². The van der Waals surface area contributed by atoms with Crippen molar-refractivity contribution in [2.75, 3.05) is 0 Å². The Morgan fingerprint density at radius 1 is 1.12 bits per heavy atom. The molecule has 3 rings (SSSR count). The molecule has 0 saturated carbocycles. The Balaban J connectivity index is 1.80. The van der Waals surface area contributed by atoms with Crippen LogP contribution in [0.4, 0.5) is 0 Å². The van der Waals surface area contributed by atoms with Gasteiger partial charge in [-0.15, -0.1) is 0 Å². The number of nitrogens with one attached hydrogen (secondary N) is 1. The second-order valence-corrected chi connectivity index (χ2v) is 7.93. The summed E-state index contributed by atoms with van der Waals surface area (Å²) in [5.74, 6) is 0.584. The molecule has 25 heavy (non-hydrogen) atoms. The number of rotatable bonds is 4. The molecule has 0 radical (unpaired) electrons. The molecule has 5 N–H and O–H groups in total. The average molecular weight is 380 g/mol. The predicted molar refractivity (Wildman–Crippen MR) is 95.0 cm³/mol. The molecule has 1 fully saturated rings. The smallest absolute Gasteiger partial charge is 0.241 e. The molecular weight excluding hydrogens is 364 g/mol. The summed E-state index contributed by atoms with van der Waals surface area (Å²) in [6.07, 6.45) is 0.832. The van der Waals surface area contributed by atoms with Crippen molar-refractivity contribution in [2.24, 2.45) is 5.14 Å². The zero-order valence-electron chi connectivity index (χ0n) is 12.9. The lowest BCUT2D eigenvalue weighted by Gasteiger charge is -2.10. The predicted octanol–water partition coefficient (Wildman–Crippen LogP) is 1.40. The Morgan fingerprint density at radius 3 is 2.40 bits per heavy atom. The van der Waals surface area contributed by atoms with Crippen molar-refractivity contribution in [1.82, 2.24) is 5.32 Å². The Labute approximate surface area is 149 Å². The Bertz CT molecular complexity index is 897. The van der Waals surface area contributed by atoms with Crippen LogP contribution in [-0.2, 0) is 10.0 Å². The molecule has 0 amide bonds. The third-order valence-electron chi connectivity index (χ3n) is 3.39. The summed E-state index contributed by atoms with van der Waals surface area (Å²) in [6.45, 7) is 0. The summed E-state index contributed by atoms with van der Waals surface area (Å²) in [6, 6.07) is 13.0. The van der Waals surface area contributed by atoms with Crippen LogP contribution in [0.2, 0.25) is 0 Å². The van der Waals surface area contributed by atoms with Crippen LogP contribution in [0.3, 0.4) is 0 Å². The second kappa shape index (κ2) is 7.16. The molecule has 0 spiro atoms. The number of aliphatic hydroxyl groups excluding tert-OH is 2. The molecule has 0 bridgehead atoms. The number of hydrogen-bond donors (Lipinski definition) is 4. The van der Waals surface area contributed by atoms with Gasteiger partial charge < -0.3 is 14.9 Å². The van der Waals surface area contributed by atoms with Gasteiger partial charge in [-0.2, -0.15) is 0 Å². The van der Waals surface area contributed by atoms with E-state index in [1.807, 2.05) is 0 Å². The standard InChI is InChI=1S/C16H16N2O5S2/c17-25(21,22)14-4-2-1-3-12(14)23-11-7-5-10(6-8-11)9-13-15(19)18-16(20)24-13/h1-9,15-16,18-20H,(H2,17,21,22)/b13-9-. The number of ether oxygens (including phenoxy) is 1. The molecule has 1 aliphatic heterocycles. The summed E-state index contributed by atoms with van der Waals surface area (Å²) in [4.78, 5) is 0.507. The van der Waals surface area contributed by atoms with E-state index in [4.69, 9.17) is 9.88 Å². The number of primary sulfonamides is 1. The molecule has 0 aromatic heterocycles. The van der Waals surface area contributed by atoms with Crippen LogP contribution >= 0.6 is 11.8 Å². The molecule has 0 aliphatic carbocycles. The van der Waals surface area contributed by atoms with Gasteiger partial charge in [0.15, 0.2) is 5.56 Å². The molecule has 1 aliphatic rings. The van der Waals surface area contributed by atoms with E-state index >= 15 is 0 Å². The quantitative estimate of drug-likeness (QED) is 0.632. The topological polar surface area (TPSA) is 122 Å². The first kappa shape index (κ1) is 17.9. The first-order chi connectivity index (χ1) is 11.8. The van der Waals surface area contributed by atoms with Crippen LogP contribution in [-0.4, -0.2) is 30.4 Å².